The third-order valence-electron chi connectivity index (χ3n) is 3.94. The third-order valence-corrected chi connectivity index (χ3v) is 3.94. The van der Waals surface area contributed by atoms with Gasteiger partial charge in [0.15, 0.2) is 5.96 Å². The average molecular weight is 487 g/mol. The summed E-state index contributed by atoms with van der Waals surface area (Å²) in [5.41, 5.74) is 1.07. The molecule has 0 bridgehead atoms. The lowest BCUT2D eigenvalue weighted by Gasteiger charge is -2.20. The van der Waals surface area contributed by atoms with Crippen molar-refractivity contribution in [3.63, 3.8) is 0 Å². The minimum Gasteiger partial charge on any atom is -0.489 e. The van der Waals surface area contributed by atoms with E-state index in [1.54, 1.807) is 19.2 Å². The van der Waals surface area contributed by atoms with Crippen molar-refractivity contribution in [3.05, 3.63) is 66.0 Å². The number of aliphatic hydroxyl groups is 1. The first-order valence-electron chi connectivity index (χ1n) is 8.65. The molecule has 2 atom stereocenters. The maximum absolute atomic E-state index is 12.9. The number of nitrogens with zero attached hydrogens (tertiary/aromatic N) is 1. The molecule has 0 aliphatic carbocycles. The van der Waals surface area contributed by atoms with E-state index in [1.165, 1.54) is 12.1 Å². The Morgan fingerprint density at radius 1 is 1.07 bits per heavy atom. The van der Waals surface area contributed by atoms with E-state index in [0.29, 0.717) is 24.8 Å². The van der Waals surface area contributed by atoms with Gasteiger partial charge in [-0.05, 0) is 36.8 Å². The Labute approximate surface area is 177 Å². The van der Waals surface area contributed by atoms with Gasteiger partial charge in [-0.25, -0.2) is 4.39 Å². The topological polar surface area (TPSA) is 65.9 Å². The number of hydrogen-bond acceptors (Lipinski definition) is 3. The highest BCUT2D eigenvalue weighted by Gasteiger charge is 2.11. The largest absolute Gasteiger partial charge is 0.489 e. The highest BCUT2D eigenvalue weighted by atomic mass is 127. The molecule has 2 unspecified atom stereocenters. The van der Waals surface area contributed by atoms with E-state index in [9.17, 15) is 9.50 Å². The molecule has 0 heterocycles. The molecule has 0 aliphatic rings. The first-order valence-corrected chi connectivity index (χ1v) is 8.65. The Kier molecular flexibility index (Phi) is 10.7. The van der Waals surface area contributed by atoms with Crippen LogP contribution in [0.15, 0.2) is 59.6 Å². The lowest BCUT2D eigenvalue weighted by atomic mass is 10.0. The summed E-state index contributed by atoms with van der Waals surface area (Å²) in [6.07, 6.45) is -0.123. The van der Waals surface area contributed by atoms with Gasteiger partial charge in [-0.3, -0.25) is 4.99 Å². The van der Waals surface area contributed by atoms with Gasteiger partial charge >= 0.3 is 0 Å². The summed E-state index contributed by atoms with van der Waals surface area (Å²) in [5.74, 6) is 0.953. The molecule has 148 valence electrons. The molecule has 0 aliphatic heterocycles. The standard InChI is InChI=1S/C20H26FN3O2.HI/c1-15(26-19-10-8-18(21)9-11-19)12-23-20(22-2)24-13-17(14-25)16-6-4-3-5-7-16;/h3-11,15,17,25H,12-14H2,1-2H3,(H2,22,23,24);1H. The normalized spacial score (nSPS) is 13.3. The second kappa shape index (κ2) is 12.5. The number of rotatable bonds is 8. The fourth-order valence-electron chi connectivity index (χ4n) is 2.48. The van der Waals surface area contributed by atoms with Crippen LogP contribution in [0, 0.1) is 5.82 Å². The van der Waals surface area contributed by atoms with Gasteiger partial charge in [0.2, 0.25) is 0 Å². The monoisotopic (exact) mass is 487 g/mol. The predicted octanol–water partition coefficient (Wildman–Crippen LogP) is 3.15. The lowest BCUT2D eigenvalue weighted by Crippen LogP contribution is -2.43. The summed E-state index contributed by atoms with van der Waals surface area (Å²) in [4.78, 5) is 4.19. The Morgan fingerprint density at radius 3 is 2.30 bits per heavy atom. The van der Waals surface area contributed by atoms with Crippen LogP contribution in [0.3, 0.4) is 0 Å². The molecule has 2 rings (SSSR count). The van der Waals surface area contributed by atoms with Crippen LogP contribution in [0.2, 0.25) is 0 Å². The predicted molar refractivity (Wildman–Crippen MR) is 118 cm³/mol. The molecule has 3 N–H and O–H groups in total. The molecular formula is C20H27FIN3O2. The zero-order chi connectivity index (χ0) is 18.8. The van der Waals surface area contributed by atoms with Gasteiger partial charge in [-0.2, -0.15) is 0 Å². The molecule has 0 amide bonds. The highest BCUT2D eigenvalue weighted by Crippen LogP contribution is 2.14. The molecule has 2 aromatic carbocycles. The fraction of sp³-hybridized carbons (Fsp3) is 0.350. The molecule has 0 saturated carbocycles. The van der Waals surface area contributed by atoms with E-state index in [4.69, 9.17) is 4.74 Å². The maximum atomic E-state index is 12.9. The second-order valence-electron chi connectivity index (χ2n) is 6.01. The van der Waals surface area contributed by atoms with Gasteiger partial charge in [0.05, 0.1) is 13.2 Å². The van der Waals surface area contributed by atoms with Crippen molar-refractivity contribution in [2.24, 2.45) is 4.99 Å². The van der Waals surface area contributed by atoms with E-state index in [0.717, 1.165) is 5.56 Å². The highest BCUT2D eigenvalue weighted by molar-refractivity contribution is 14.0. The van der Waals surface area contributed by atoms with Crippen molar-refractivity contribution in [2.75, 3.05) is 26.7 Å². The van der Waals surface area contributed by atoms with E-state index in [-0.39, 0.29) is 48.4 Å². The van der Waals surface area contributed by atoms with Crippen LogP contribution in [-0.4, -0.2) is 43.9 Å². The Morgan fingerprint density at radius 2 is 1.70 bits per heavy atom. The number of hydrogen-bond donors (Lipinski definition) is 3. The van der Waals surface area contributed by atoms with Crippen molar-refractivity contribution in [1.82, 2.24) is 10.6 Å². The molecule has 0 fully saturated rings. The van der Waals surface area contributed by atoms with Crippen molar-refractivity contribution < 1.29 is 14.2 Å². The van der Waals surface area contributed by atoms with Crippen molar-refractivity contribution in [2.45, 2.75) is 18.9 Å². The first-order chi connectivity index (χ1) is 12.6. The van der Waals surface area contributed by atoms with E-state index >= 15 is 0 Å². The minimum absolute atomic E-state index is 0. The number of guanidine groups is 1. The molecule has 2 aromatic rings. The number of aliphatic imine (C=N–C) groups is 1. The number of halogens is 2. The molecule has 0 aromatic heterocycles. The number of benzene rings is 2. The minimum atomic E-state index is -0.287. The van der Waals surface area contributed by atoms with Crippen molar-refractivity contribution in [3.8, 4) is 5.75 Å². The summed E-state index contributed by atoms with van der Waals surface area (Å²) in [5, 5.41) is 16.0. The summed E-state index contributed by atoms with van der Waals surface area (Å²) in [7, 11) is 1.69. The molecule has 0 saturated heterocycles. The van der Waals surface area contributed by atoms with Gasteiger partial charge in [0, 0.05) is 19.5 Å². The second-order valence-corrected chi connectivity index (χ2v) is 6.01. The summed E-state index contributed by atoms with van der Waals surface area (Å²) < 4.78 is 18.6. The van der Waals surface area contributed by atoms with Gasteiger partial charge in [-0.1, -0.05) is 30.3 Å². The molecule has 5 nitrogen and oxygen atoms in total. The Balaban J connectivity index is 0.00000364. The van der Waals surface area contributed by atoms with Gasteiger partial charge in [0.25, 0.3) is 0 Å². The van der Waals surface area contributed by atoms with E-state index < -0.39 is 0 Å². The maximum Gasteiger partial charge on any atom is 0.191 e. The number of ether oxygens (including phenoxy) is 1. The average Bonchev–Trinajstić information content (AvgIpc) is 2.67. The molecular weight excluding hydrogens is 460 g/mol. The molecule has 0 radical (unpaired) electrons. The first kappa shape index (κ1) is 23.2. The number of nitrogens with one attached hydrogen (secondary N) is 2. The zero-order valence-electron chi connectivity index (χ0n) is 15.6. The third kappa shape index (κ3) is 8.13. The summed E-state index contributed by atoms with van der Waals surface area (Å²) in [6.45, 7) is 3.07. The van der Waals surface area contributed by atoms with Crippen LogP contribution in [0.5, 0.6) is 5.75 Å². The fourth-order valence-corrected chi connectivity index (χ4v) is 2.48. The lowest BCUT2D eigenvalue weighted by molar-refractivity contribution is 0.223. The Bertz CT molecular complexity index is 683. The van der Waals surface area contributed by atoms with Gasteiger partial charge in [0.1, 0.15) is 17.7 Å². The number of aliphatic hydroxyl groups excluding tert-OH is 1. The summed E-state index contributed by atoms with van der Waals surface area (Å²) >= 11 is 0. The summed E-state index contributed by atoms with van der Waals surface area (Å²) in [6, 6.07) is 15.8. The van der Waals surface area contributed by atoms with Crippen LogP contribution in [0.4, 0.5) is 4.39 Å². The SMILES string of the molecule is CN=C(NCC(C)Oc1ccc(F)cc1)NCC(CO)c1ccccc1.I. The zero-order valence-corrected chi connectivity index (χ0v) is 17.9. The van der Waals surface area contributed by atoms with Crippen molar-refractivity contribution in [1.29, 1.82) is 0 Å². The molecule has 27 heavy (non-hydrogen) atoms. The van der Waals surface area contributed by atoms with Crippen LogP contribution >= 0.6 is 24.0 Å². The molecule has 0 spiro atoms. The van der Waals surface area contributed by atoms with Crippen molar-refractivity contribution >= 4 is 29.9 Å². The Hall–Kier alpha value is -1.87. The van der Waals surface area contributed by atoms with Crippen LogP contribution in [0.1, 0.15) is 18.4 Å². The van der Waals surface area contributed by atoms with Crippen LogP contribution in [0.25, 0.3) is 0 Å². The van der Waals surface area contributed by atoms with Crippen LogP contribution < -0.4 is 15.4 Å². The van der Waals surface area contributed by atoms with E-state index in [2.05, 4.69) is 15.6 Å². The van der Waals surface area contributed by atoms with Gasteiger partial charge in [-0.15, -0.1) is 24.0 Å². The smallest absolute Gasteiger partial charge is 0.191 e. The van der Waals surface area contributed by atoms with Gasteiger partial charge < -0.3 is 20.5 Å². The van der Waals surface area contributed by atoms with Crippen LogP contribution in [-0.2, 0) is 0 Å². The molecule has 7 heteroatoms. The quantitative estimate of drug-likeness (QED) is 0.304. The van der Waals surface area contributed by atoms with E-state index in [1.807, 2.05) is 37.3 Å².